The number of nitrogens with zero attached hydrogens (tertiary/aromatic N) is 5. The summed E-state index contributed by atoms with van der Waals surface area (Å²) < 4.78 is 0. The van der Waals surface area contributed by atoms with Crippen molar-refractivity contribution in [2.24, 2.45) is 0 Å². The van der Waals surface area contributed by atoms with Crippen LogP contribution in [0.5, 0.6) is 0 Å². The molecule has 1 aliphatic rings. The fourth-order valence-corrected chi connectivity index (χ4v) is 3.34. The van der Waals surface area contributed by atoms with Crippen molar-refractivity contribution in [2.75, 3.05) is 55.6 Å². The summed E-state index contributed by atoms with van der Waals surface area (Å²) in [5.41, 5.74) is 2.48. The molecule has 144 valence electrons. The summed E-state index contributed by atoms with van der Waals surface area (Å²) in [6, 6.07) is 10.2. The molecular weight excluding hydrogens is 340 g/mol. The van der Waals surface area contributed by atoms with Gasteiger partial charge in [0.1, 0.15) is 0 Å². The molecule has 27 heavy (non-hydrogen) atoms. The van der Waals surface area contributed by atoms with Gasteiger partial charge in [0.05, 0.1) is 0 Å². The molecule has 0 aliphatic carbocycles. The Bertz CT molecular complexity index is 730. The van der Waals surface area contributed by atoms with Gasteiger partial charge in [-0.1, -0.05) is 18.2 Å². The van der Waals surface area contributed by atoms with Crippen LogP contribution in [0.2, 0.25) is 0 Å². The molecule has 0 unspecified atom stereocenters. The van der Waals surface area contributed by atoms with Gasteiger partial charge in [-0.25, -0.2) is 14.8 Å². The number of anilines is 2. The Morgan fingerprint density at radius 2 is 1.81 bits per heavy atom. The van der Waals surface area contributed by atoms with Crippen molar-refractivity contribution in [3.05, 3.63) is 48.3 Å². The summed E-state index contributed by atoms with van der Waals surface area (Å²) >= 11 is 0. The van der Waals surface area contributed by atoms with Gasteiger partial charge >= 0.3 is 6.03 Å². The molecule has 1 saturated heterocycles. The molecule has 7 nitrogen and oxygen atoms in total. The van der Waals surface area contributed by atoms with Crippen LogP contribution >= 0.6 is 0 Å². The Morgan fingerprint density at radius 1 is 1.11 bits per heavy atom. The molecule has 1 fully saturated rings. The van der Waals surface area contributed by atoms with E-state index in [-0.39, 0.29) is 6.03 Å². The highest BCUT2D eigenvalue weighted by Gasteiger charge is 2.22. The van der Waals surface area contributed by atoms with E-state index in [0.29, 0.717) is 19.6 Å². The summed E-state index contributed by atoms with van der Waals surface area (Å²) in [5, 5.41) is 3.06. The van der Waals surface area contributed by atoms with Crippen LogP contribution in [0.1, 0.15) is 12.5 Å². The van der Waals surface area contributed by atoms with Gasteiger partial charge in [-0.05, 0) is 31.5 Å². The molecule has 0 bridgehead atoms. The number of rotatable bonds is 6. The molecule has 0 saturated carbocycles. The maximum atomic E-state index is 12.5. The monoisotopic (exact) mass is 368 g/mol. The third kappa shape index (κ3) is 4.87. The van der Waals surface area contributed by atoms with Crippen LogP contribution < -0.4 is 15.1 Å². The lowest BCUT2D eigenvalue weighted by Crippen LogP contribution is -2.53. The lowest BCUT2D eigenvalue weighted by molar-refractivity contribution is 0.194. The van der Waals surface area contributed by atoms with Crippen molar-refractivity contribution in [2.45, 2.75) is 13.8 Å². The predicted molar refractivity (Wildman–Crippen MR) is 108 cm³/mol. The third-order valence-corrected chi connectivity index (χ3v) is 4.90. The lowest BCUT2D eigenvalue weighted by atomic mass is 10.2. The number of amides is 2. The molecule has 0 radical (unpaired) electrons. The van der Waals surface area contributed by atoms with Gasteiger partial charge in [0.25, 0.3) is 0 Å². The zero-order chi connectivity index (χ0) is 19.1. The van der Waals surface area contributed by atoms with Crippen LogP contribution in [0, 0.1) is 6.92 Å². The first-order chi connectivity index (χ1) is 13.2. The zero-order valence-corrected chi connectivity index (χ0v) is 16.1. The van der Waals surface area contributed by atoms with Gasteiger partial charge in [-0.15, -0.1) is 0 Å². The highest BCUT2D eigenvalue weighted by atomic mass is 16.2. The molecule has 1 aromatic heterocycles. The third-order valence-electron chi connectivity index (χ3n) is 4.90. The molecule has 1 aliphatic heterocycles. The van der Waals surface area contributed by atoms with E-state index in [1.807, 2.05) is 11.0 Å². The number of nitrogens with one attached hydrogen (secondary N) is 1. The van der Waals surface area contributed by atoms with E-state index in [0.717, 1.165) is 32.1 Å². The molecule has 0 atom stereocenters. The van der Waals surface area contributed by atoms with Gasteiger partial charge < -0.3 is 20.0 Å². The summed E-state index contributed by atoms with van der Waals surface area (Å²) in [4.78, 5) is 27.3. The molecular formula is C20H28N6O. The van der Waals surface area contributed by atoms with Gasteiger partial charge in [-0.2, -0.15) is 0 Å². The smallest absolute Gasteiger partial charge is 0.317 e. The Labute approximate surface area is 161 Å². The standard InChI is InChI=1S/C20H28N6O/c1-3-24(18-8-5-4-7-17(18)2)12-11-23-20(27)26-15-13-25(14-16-26)19-21-9-6-10-22-19/h4-10H,3,11-16H2,1-2H3,(H,23,27). The Morgan fingerprint density at radius 3 is 2.48 bits per heavy atom. The second-order valence-electron chi connectivity index (χ2n) is 6.62. The molecule has 1 N–H and O–H groups in total. The maximum Gasteiger partial charge on any atom is 0.317 e. The van der Waals surface area contributed by atoms with E-state index in [2.05, 4.69) is 63.2 Å². The first-order valence-corrected chi connectivity index (χ1v) is 9.54. The maximum absolute atomic E-state index is 12.5. The summed E-state index contributed by atoms with van der Waals surface area (Å²) in [6.07, 6.45) is 3.49. The minimum Gasteiger partial charge on any atom is -0.370 e. The van der Waals surface area contributed by atoms with Gasteiger partial charge in [-0.3, -0.25) is 0 Å². The normalized spacial score (nSPS) is 14.1. The van der Waals surface area contributed by atoms with Crippen molar-refractivity contribution in [1.29, 1.82) is 0 Å². The molecule has 0 spiro atoms. The molecule has 2 aromatic rings. The fourth-order valence-electron chi connectivity index (χ4n) is 3.34. The van der Waals surface area contributed by atoms with Crippen LogP contribution in [0.4, 0.5) is 16.4 Å². The van der Waals surface area contributed by atoms with Gasteiger partial charge in [0.2, 0.25) is 5.95 Å². The van der Waals surface area contributed by atoms with E-state index < -0.39 is 0 Å². The number of hydrogen-bond donors (Lipinski definition) is 1. The van der Waals surface area contributed by atoms with Crippen LogP contribution in [-0.2, 0) is 0 Å². The van der Waals surface area contributed by atoms with Crippen LogP contribution in [0.25, 0.3) is 0 Å². The van der Waals surface area contributed by atoms with E-state index in [4.69, 9.17) is 0 Å². The topological polar surface area (TPSA) is 64.6 Å². The second-order valence-corrected chi connectivity index (χ2v) is 6.62. The number of carbonyl (C=O) groups is 1. The van der Waals surface area contributed by atoms with Crippen molar-refractivity contribution in [3.8, 4) is 0 Å². The minimum atomic E-state index is 0.00414. The highest BCUT2D eigenvalue weighted by molar-refractivity contribution is 5.74. The van der Waals surface area contributed by atoms with Crippen LogP contribution in [0.3, 0.4) is 0 Å². The average Bonchev–Trinajstić information content (AvgIpc) is 2.72. The fraction of sp³-hybridized carbons (Fsp3) is 0.450. The summed E-state index contributed by atoms with van der Waals surface area (Å²) in [6.45, 7) is 9.46. The number of piperazine rings is 1. The molecule has 2 heterocycles. The van der Waals surface area contributed by atoms with E-state index in [1.165, 1.54) is 11.3 Å². The SMILES string of the molecule is CCN(CCNC(=O)N1CCN(c2ncccn2)CC1)c1ccccc1C. The first-order valence-electron chi connectivity index (χ1n) is 9.54. The van der Waals surface area contributed by atoms with Crippen LogP contribution in [-0.4, -0.2) is 66.7 Å². The largest absolute Gasteiger partial charge is 0.370 e. The number of para-hydroxylation sites is 1. The van der Waals surface area contributed by atoms with E-state index in [9.17, 15) is 4.79 Å². The van der Waals surface area contributed by atoms with Gasteiger partial charge in [0, 0.05) is 63.9 Å². The zero-order valence-electron chi connectivity index (χ0n) is 16.1. The number of urea groups is 1. The second kappa shape index (κ2) is 9.21. The Balaban J connectivity index is 1.44. The lowest BCUT2D eigenvalue weighted by Gasteiger charge is -2.34. The molecule has 2 amide bonds. The Hall–Kier alpha value is -2.83. The average molecular weight is 368 g/mol. The quantitative estimate of drug-likeness (QED) is 0.846. The molecule has 3 rings (SSSR count). The number of likely N-dealkylation sites (N-methyl/N-ethyl adjacent to an activating group) is 1. The van der Waals surface area contributed by atoms with Crippen molar-refractivity contribution >= 4 is 17.7 Å². The van der Waals surface area contributed by atoms with E-state index >= 15 is 0 Å². The summed E-state index contributed by atoms with van der Waals surface area (Å²) in [7, 11) is 0. The molecule has 1 aromatic carbocycles. The predicted octanol–water partition coefficient (Wildman–Crippen LogP) is 2.14. The van der Waals surface area contributed by atoms with Gasteiger partial charge in [0.15, 0.2) is 0 Å². The number of aryl methyl sites for hydroxylation is 1. The molecule has 7 heteroatoms. The van der Waals surface area contributed by atoms with Crippen molar-refractivity contribution in [3.63, 3.8) is 0 Å². The minimum absolute atomic E-state index is 0.00414. The number of aromatic nitrogens is 2. The van der Waals surface area contributed by atoms with Crippen LogP contribution in [0.15, 0.2) is 42.7 Å². The highest BCUT2D eigenvalue weighted by Crippen LogP contribution is 2.18. The Kier molecular flexibility index (Phi) is 6.46. The number of carbonyl (C=O) groups excluding carboxylic acids is 1. The van der Waals surface area contributed by atoms with Crippen molar-refractivity contribution < 1.29 is 4.79 Å². The van der Waals surface area contributed by atoms with Crippen molar-refractivity contribution in [1.82, 2.24) is 20.2 Å². The first kappa shape index (κ1) is 18.9. The van der Waals surface area contributed by atoms with E-state index in [1.54, 1.807) is 12.4 Å². The number of hydrogen-bond acceptors (Lipinski definition) is 5. The number of benzene rings is 1. The summed E-state index contributed by atoms with van der Waals surface area (Å²) in [5.74, 6) is 0.731.